The van der Waals surface area contributed by atoms with Gasteiger partial charge in [0.2, 0.25) is 0 Å². The molecule has 0 saturated carbocycles. The summed E-state index contributed by atoms with van der Waals surface area (Å²) in [6.45, 7) is 4.00. The fourth-order valence-corrected chi connectivity index (χ4v) is 3.11. The van der Waals surface area contributed by atoms with E-state index >= 15 is 0 Å². The number of amides is 2. The number of aromatic nitrogens is 2. The molecule has 2 aromatic heterocycles. The smallest absolute Gasteiger partial charge is 0.276 e. The summed E-state index contributed by atoms with van der Waals surface area (Å²) < 4.78 is 1.37. The van der Waals surface area contributed by atoms with Crippen LogP contribution in [0.25, 0.3) is 0 Å². The highest BCUT2D eigenvalue weighted by atomic mass is 35.5. The van der Waals surface area contributed by atoms with E-state index in [0.717, 1.165) is 4.88 Å². The van der Waals surface area contributed by atoms with Crippen LogP contribution in [0.5, 0.6) is 0 Å². The summed E-state index contributed by atoms with van der Waals surface area (Å²) in [5.41, 5.74) is 5.88. The molecule has 0 atom stereocenters. The van der Waals surface area contributed by atoms with Gasteiger partial charge in [0.15, 0.2) is 0 Å². The van der Waals surface area contributed by atoms with Gasteiger partial charge in [-0.15, -0.1) is 11.3 Å². The van der Waals surface area contributed by atoms with Gasteiger partial charge in [-0.05, 0) is 12.0 Å². The van der Waals surface area contributed by atoms with Crippen LogP contribution in [-0.4, -0.2) is 21.6 Å². The first-order valence-electron chi connectivity index (χ1n) is 6.23. The molecule has 6 nitrogen and oxygen atoms in total. The van der Waals surface area contributed by atoms with E-state index < -0.39 is 11.8 Å². The molecule has 112 valence electrons. The standard InChI is InChI=1S/C13H15ClN4O2S/c1-6(2)9-4-7(11(15)19)13(21-9)17-12(20)10-8(14)5-16-18(10)3/h4-6H,1-3H3,(H2,15,19)(H,17,20). The Hall–Kier alpha value is -1.86. The number of nitrogens with two attached hydrogens (primary N) is 1. The number of rotatable bonds is 4. The van der Waals surface area contributed by atoms with Crippen molar-refractivity contribution < 1.29 is 9.59 Å². The van der Waals surface area contributed by atoms with Crippen molar-refractivity contribution in [2.75, 3.05) is 5.32 Å². The van der Waals surface area contributed by atoms with Crippen LogP contribution in [0.15, 0.2) is 12.3 Å². The Morgan fingerprint density at radius 3 is 2.62 bits per heavy atom. The minimum Gasteiger partial charge on any atom is -0.366 e. The minimum atomic E-state index is -0.579. The van der Waals surface area contributed by atoms with Gasteiger partial charge >= 0.3 is 0 Å². The van der Waals surface area contributed by atoms with E-state index in [4.69, 9.17) is 17.3 Å². The first kappa shape index (κ1) is 15.5. The van der Waals surface area contributed by atoms with E-state index in [1.807, 2.05) is 13.8 Å². The molecule has 0 aromatic carbocycles. The van der Waals surface area contributed by atoms with Gasteiger partial charge in [-0.2, -0.15) is 5.10 Å². The zero-order chi connectivity index (χ0) is 15.7. The molecule has 0 radical (unpaired) electrons. The molecule has 0 aliphatic heterocycles. The summed E-state index contributed by atoms with van der Waals surface area (Å²) in [6.07, 6.45) is 1.39. The Morgan fingerprint density at radius 2 is 2.14 bits per heavy atom. The number of nitrogens with zero attached hydrogens (tertiary/aromatic N) is 2. The van der Waals surface area contributed by atoms with Gasteiger partial charge in [0.1, 0.15) is 10.7 Å². The van der Waals surface area contributed by atoms with Gasteiger partial charge in [-0.25, -0.2) is 0 Å². The molecule has 0 bridgehead atoms. The lowest BCUT2D eigenvalue weighted by molar-refractivity contribution is 0.100. The highest BCUT2D eigenvalue weighted by Gasteiger charge is 2.21. The number of halogens is 1. The molecule has 2 amide bonds. The number of nitrogens with one attached hydrogen (secondary N) is 1. The third-order valence-electron chi connectivity index (χ3n) is 2.92. The van der Waals surface area contributed by atoms with Crippen molar-refractivity contribution in [3.8, 4) is 0 Å². The minimum absolute atomic E-state index is 0.228. The molecule has 0 unspecified atom stereocenters. The Kier molecular flexibility index (Phi) is 4.34. The highest BCUT2D eigenvalue weighted by molar-refractivity contribution is 7.16. The lowest BCUT2D eigenvalue weighted by Gasteiger charge is -2.05. The molecule has 0 saturated heterocycles. The summed E-state index contributed by atoms with van der Waals surface area (Å²) in [7, 11) is 1.61. The monoisotopic (exact) mass is 326 g/mol. The molecule has 8 heteroatoms. The number of hydrogen-bond donors (Lipinski definition) is 2. The maximum absolute atomic E-state index is 12.3. The molecule has 2 aromatic rings. The summed E-state index contributed by atoms with van der Waals surface area (Å²) in [5, 5.41) is 7.26. The highest BCUT2D eigenvalue weighted by Crippen LogP contribution is 2.33. The van der Waals surface area contributed by atoms with Crippen molar-refractivity contribution in [1.82, 2.24) is 9.78 Å². The topological polar surface area (TPSA) is 90.0 Å². The molecule has 21 heavy (non-hydrogen) atoms. The van der Waals surface area contributed by atoms with Crippen LogP contribution in [0, 0.1) is 0 Å². The number of anilines is 1. The molecule has 0 aliphatic rings. The van der Waals surface area contributed by atoms with Crippen molar-refractivity contribution in [3.63, 3.8) is 0 Å². The average Bonchev–Trinajstić information content (AvgIpc) is 2.93. The number of primary amides is 1. The van der Waals surface area contributed by atoms with Crippen LogP contribution in [0.2, 0.25) is 5.02 Å². The van der Waals surface area contributed by atoms with E-state index in [2.05, 4.69) is 10.4 Å². The van der Waals surface area contributed by atoms with Gasteiger partial charge in [0.05, 0.1) is 16.8 Å². The van der Waals surface area contributed by atoms with Crippen LogP contribution in [0.3, 0.4) is 0 Å². The number of aryl methyl sites for hydroxylation is 1. The Morgan fingerprint density at radius 1 is 1.48 bits per heavy atom. The predicted molar refractivity (Wildman–Crippen MR) is 83.1 cm³/mol. The number of carbonyl (C=O) groups excluding carboxylic acids is 2. The van der Waals surface area contributed by atoms with E-state index in [1.54, 1.807) is 13.1 Å². The first-order chi connectivity index (χ1) is 9.81. The third-order valence-corrected chi connectivity index (χ3v) is 4.55. The zero-order valence-corrected chi connectivity index (χ0v) is 13.4. The Labute approximate surface area is 130 Å². The second-order valence-electron chi connectivity index (χ2n) is 4.83. The predicted octanol–water partition coefficient (Wildman–Crippen LogP) is 2.61. The second-order valence-corrected chi connectivity index (χ2v) is 6.32. The third kappa shape index (κ3) is 3.08. The lowest BCUT2D eigenvalue weighted by Crippen LogP contribution is -2.19. The van der Waals surface area contributed by atoms with Crippen molar-refractivity contribution in [1.29, 1.82) is 0 Å². The maximum Gasteiger partial charge on any atom is 0.276 e. The van der Waals surface area contributed by atoms with Crippen LogP contribution in [-0.2, 0) is 7.05 Å². The molecule has 3 N–H and O–H groups in total. The van der Waals surface area contributed by atoms with E-state index in [9.17, 15) is 9.59 Å². The fraction of sp³-hybridized carbons (Fsp3) is 0.308. The number of carbonyl (C=O) groups is 2. The number of hydrogen-bond acceptors (Lipinski definition) is 4. The van der Waals surface area contributed by atoms with E-state index in [-0.39, 0.29) is 16.6 Å². The largest absolute Gasteiger partial charge is 0.366 e. The molecular formula is C13H15ClN4O2S. The maximum atomic E-state index is 12.3. The molecule has 2 rings (SSSR count). The summed E-state index contributed by atoms with van der Waals surface area (Å²) >= 11 is 7.26. The Bertz CT molecular complexity index is 686. The van der Waals surface area contributed by atoms with Crippen LogP contribution < -0.4 is 11.1 Å². The summed E-state index contributed by atoms with van der Waals surface area (Å²) in [4.78, 5) is 24.7. The van der Waals surface area contributed by atoms with Crippen molar-refractivity contribution in [3.05, 3.63) is 33.4 Å². The fourth-order valence-electron chi connectivity index (χ4n) is 1.80. The SMILES string of the molecule is CC(C)c1cc(C(N)=O)c(NC(=O)c2c(Cl)cnn2C)s1. The summed E-state index contributed by atoms with van der Waals surface area (Å²) in [6, 6.07) is 1.71. The van der Waals surface area contributed by atoms with Crippen LogP contribution in [0.1, 0.15) is 45.5 Å². The van der Waals surface area contributed by atoms with Crippen molar-refractivity contribution >= 4 is 39.8 Å². The van der Waals surface area contributed by atoms with Crippen molar-refractivity contribution in [2.24, 2.45) is 12.8 Å². The molecule has 0 fully saturated rings. The van der Waals surface area contributed by atoms with E-state index in [0.29, 0.717) is 10.6 Å². The summed E-state index contributed by atoms with van der Waals surface area (Å²) in [5.74, 6) is -0.775. The van der Waals surface area contributed by atoms with E-state index in [1.165, 1.54) is 22.2 Å². The normalized spacial score (nSPS) is 10.9. The molecule has 2 heterocycles. The van der Waals surface area contributed by atoms with Crippen LogP contribution >= 0.6 is 22.9 Å². The van der Waals surface area contributed by atoms with Gasteiger partial charge in [-0.3, -0.25) is 14.3 Å². The molecule has 0 spiro atoms. The van der Waals surface area contributed by atoms with Crippen molar-refractivity contribution in [2.45, 2.75) is 19.8 Å². The molecule has 0 aliphatic carbocycles. The first-order valence-corrected chi connectivity index (χ1v) is 7.43. The zero-order valence-electron chi connectivity index (χ0n) is 11.8. The van der Waals surface area contributed by atoms with Crippen LogP contribution in [0.4, 0.5) is 5.00 Å². The molecular weight excluding hydrogens is 312 g/mol. The second kappa shape index (κ2) is 5.87. The average molecular weight is 327 g/mol. The van der Waals surface area contributed by atoms with Gasteiger partial charge in [0.25, 0.3) is 11.8 Å². The van der Waals surface area contributed by atoms with Gasteiger partial charge < -0.3 is 11.1 Å². The van der Waals surface area contributed by atoms with Gasteiger partial charge in [-0.1, -0.05) is 25.4 Å². The quantitative estimate of drug-likeness (QED) is 0.904. The van der Waals surface area contributed by atoms with Gasteiger partial charge in [0, 0.05) is 11.9 Å². The lowest BCUT2D eigenvalue weighted by atomic mass is 10.1. The number of thiophene rings is 1. The Balaban J connectivity index is 2.35.